The number of methoxy groups -OCH3 is 1. The van der Waals surface area contributed by atoms with Crippen molar-refractivity contribution in [1.29, 1.82) is 0 Å². The number of hydrogen-bond donors (Lipinski definition) is 2. The Morgan fingerprint density at radius 2 is 1.68 bits per heavy atom. The minimum absolute atomic E-state index is 0.0122. The molecule has 2 amide bonds. The predicted molar refractivity (Wildman–Crippen MR) is 109 cm³/mol. The van der Waals surface area contributed by atoms with Gasteiger partial charge in [0.1, 0.15) is 5.75 Å². The van der Waals surface area contributed by atoms with Gasteiger partial charge in [0.2, 0.25) is 0 Å². The zero-order valence-corrected chi connectivity index (χ0v) is 17.4. The van der Waals surface area contributed by atoms with E-state index in [4.69, 9.17) is 4.74 Å². The molecule has 1 heterocycles. The van der Waals surface area contributed by atoms with Gasteiger partial charge < -0.3 is 25.2 Å². The molecule has 1 aromatic carbocycles. The Morgan fingerprint density at radius 1 is 1.07 bits per heavy atom. The van der Waals surface area contributed by atoms with Crippen LogP contribution in [0, 0.1) is 0 Å². The lowest BCUT2D eigenvalue weighted by Crippen LogP contribution is -2.50. The number of likely N-dealkylation sites (N-methyl/N-ethyl adjacent to an activating group) is 2. The SMILES string of the molecule is COc1ccc([C@H](CNC(=O)C(=O)NCCN(C)C)N2CCN(C)CC2)cc1. The molecule has 1 saturated heterocycles. The topological polar surface area (TPSA) is 77.1 Å². The van der Waals surface area contributed by atoms with E-state index in [0.717, 1.165) is 37.5 Å². The lowest BCUT2D eigenvalue weighted by Gasteiger charge is -2.38. The summed E-state index contributed by atoms with van der Waals surface area (Å²) in [4.78, 5) is 30.8. The molecule has 2 rings (SSSR count). The summed E-state index contributed by atoms with van der Waals surface area (Å²) in [5.41, 5.74) is 1.10. The highest BCUT2D eigenvalue weighted by molar-refractivity contribution is 6.35. The first-order valence-corrected chi connectivity index (χ1v) is 9.68. The molecule has 1 fully saturated rings. The van der Waals surface area contributed by atoms with Gasteiger partial charge in [-0.1, -0.05) is 12.1 Å². The standard InChI is InChI=1S/C20H33N5O3/c1-23(2)10-9-21-19(26)20(27)22-15-18(25-13-11-24(3)12-14-25)16-5-7-17(28-4)8-6-16/h5-8,18H,9-15H2,1-4H3,(H,21,26)(H,22,27)/t18-/m0/s1. The van der Waals surface area contributed by atoms with E-state index in [-0.39, 0.29) is 6.04 Å². The second-order valence-corrected chi connectivity index (χ2v) is 7.40. The molecule has 156 valence electrons. The van der Waals surface area contributed by atoms with E-state index in [9.17, 15) is 9.59 Å². The molecule has 0 aromatic heterocycles. The van der Waals surface area contributed by atoms with E-state index in [2.05, 4.69) is 27.5 Å². The van der Waals surface area contributed by atoms with Crippen LogP contribution in [-0.2, 0) is 9.59 Å². The Morgan fingerprint density at radius 3 is 2.25 bits per heavy atom. The Kier molecular flexibility index (Phi) is 8.69. The maximum atomic E-state index is 12.2. The Balaban J connectivity index is 1.98. The summed E-state index contributed by atoms with van der Waals surface area (Å²) in [6.45, 7) is 5.30. The van der Waals surface area contributed by atoms with Crippen LogP contribution in [0.3, 0.4) is 0 Å². The summed E-state index contributed by atoms with van der Waals surface area (Å²) in [5.74, 6) is -0.384. The van der Waals surface area contributed by atoms with Gasteiger partial charge in [-0.25, -0.2) is 0 Å². The number of carbonyl (C=O) groups excluding carboxylic acids is 2. The van der Waals surface area contributed by atoms with E-state index in [0.29, 0.717) is 19.6 Å². The fourth-order valence-electron chi connectivity index (χ4n) is 3.16. The molecular formula is C20H33N5O3. The van der Waals surface area contributed by atoms with Crippen molar-refractivity contribution in [2.24, 2.45) is 0 Å². The minimum Gasteiger partial charge on any atom is -0.497 e. The number of piperazine rings is 1. The van der Waals surface area contributed by atoms with Gasteiger partial charge in [0, 0.05) is 45.8 Å². The van der Waals surface area contributed by atoms with Crippen molar-refractivity contribution < 1.29 is 14.3 Å². The highest BCUT2D eigenvalue weighted by Crippen LogP contribution is 2.23. The number of rotatable bonds is 8. The van der Waals surface area contributed by atoms with Crippen LogP contribution in [-0.4, -0.2) is 101 Å². The highest BCUT2D eigenvalue weighted by Gasteiger charge is 2.25. The van der Waals surface area contributed by atoms with E-state index in [1.165, 1.54) is 0 Å². The van der Waals surface area contributed by atoms with E-state index in [1.54, 1.807) is 7.11 Å². The molecule has 1 atom stereocenters. The summed E-state index contributed by atoms with van der Waals surface area (Å²) in [6, 6.07) is 7.90. The molecule has 28 heavy (non-hydrogen) atoms. The van der Waals surface area contributed by atoms with E-state index in [1.807, 2.05) is 43.3 Å². The van der Waals surface area contributed by atoms with Crippen molar-refractivity contribution in [3.05, 3.63) is 29.8 Å². The highest BCUT2D eigenvalue weighted by atomic mass is 16.5. The number of benzene rings is 1. The van der Waals surface area contributed by atoms with E-state index >= 15 is 0 Å². The first-order chi connectivity index (χ1) is 13.4. The van der Waals surface area contributed by atoms with Crippen LogP contribution >= 0.6 is 0 Å². The number of nitrogens with one attached hydrogen (secondary N) is 2. The monoisotopic (exact) mass is 391 g/mol. The summed E-state index contributed by atoms with van der Waals surface area (Å²) in [7, 11) is 7.59. The third-order valence-corrected chi connectivity index (χ3v) is 4.99. The molecule has 2 N–H and O–H groups in total. The molecule has 0 spiro atoms. The van der Waals surface area contributed by atoms with Crippen molar-refractivity contribution >= 4 is 11.8 Å². The Hall–Kier alpha value is -2.16. The van der Waals surface area contributed by atoms with Crippen molar-refractivity contribution in [3.8, 4) is 5.75 Å². The van der Waals surface area contributed by atoms with Gasteiger partial charge in [0.05, 0.1) is 13.2 Å². The maximum Gasteiger partial charge on any atom is 0.309 e. The fourth-order valence-corrected chi connectivity index (χ4v) is 3.16. The van der Waals surface area contributed by atoms with Crippen LogP contribution in [0.15, 0.2) is 24.3 Å². The lowest BCUT2D eigenvalue weighted by atomic mass is 10.0. The van der Waals surface area contributed by atoms with Crippen LogP contribution in [0.2, 0.25) is 0 Å². The third-order valence-electron chi connectivity index (χ3n) is 4.99. The Labute approximate surface area is 167 Å². The van der Waals surface area contributed by atoms with Crippen LogP contribution in [0.1, 0.15) is 11.6 Å². The molecular weight excluding hydrogens is 358 g/mol. The Bertz CT molecular complexity index is 627. The zero-order valence-electron chi connectivity index (χ0n) is 17.4. The molecule has 0 unspecified atom stereocenters. The minimum atomic E-state index is -0.591. The maximum absolute atomic E-state index is 12.2. The molecule has 0 aliphatic carbocycles. The van der Waals surface area contributed by atoms with Gasteiger partial charge >= 0.3 is 11.8 Å². The molecule has 1 aromatic rings. The fraction of sp³-hybridized carbons (Fsp3) is 0.600. The molecule has 0 bridgehead atoms. The van der Waals surface area contributed by atoms with E-state index < -0.39 is 11.8 Å². The average molecular weight is 392 g/mol. The summed E-state index contributed by atoms with van der Waals surface area (Å²) in [6.07, 6.45) is 0. The molecule has 1 aliphatic rings. The number of ether oxygens (including phenoxy) is 1. The second kappa shape index (κ2) is 11.0. The van der Waals surface area contributed by atoms with Gasteiger partial charge in [0.25, 0.3) is 0 Å². The van der Waals surface area contributed by atoms with Gasteiger partial charge in [-0.15, -0.1) is 0 Å². The molecule has 8 nitrogen and oxygen atoms in total. The number of carbonyl (C=O) groups is 2. The molecule has 0 radical (unpaired) electrons. The quantitative estimate of drug-likeness (QED) is 0.597. The second-order valence-electron chi connectivity index (χ2n) is 7.40. The summed E-state index contributed by atoms with van der Waals surface area (Å²) in [5, 5.41) is 5.45. The largest absolute Gasteiger partial charge is 0.497 e. The third kappa shape index (κ3) is 6.78. The normalized spacial score (nSPS) is 16.6. The van der Waals surface area contributed by atoms with Crippen LogP contribution in [0.5, 0.6) is 5.75 Å². The van der Waals surface area contributed by atoms with Gasteiger partial charge in [-0.3, -0.25) is 14.5 Å². The van der Waals surface area contributed by atoms with Crippen molar-refractivity contribution in [2.75, 3.05) is 74.1 Å². The summed E-state index contributed by atoms with van der Waals surface area (Å²) < 4.78 is 5.25. The van der Waals surface area contributed by atoms with Crippen molar-refractivity contribution in [1.82, 2.24) is 25.3 Å². The number of hydrogen-bond acceptors (Lipinski definition) is 6. The van der Waals surface area contributed by atoms with Crippen LogP contribution in [0.25, 0.3) is 0 Å². The number of amides is 2. The predicted octanol–water partition coefficient (Wildman–Crippen LogP) is -0.222. The first kappa shape index (κ1) is 22.1. The van der Waals surface area contributed by atoms with Crippen LogP contribution in [0.4, 0.5) is 0 Å². The zero-order chi connectivity index (χ0) is 20.5. The van der Waals surface area contributed by atoms with Crippen molar-refractivity contribution in [2.45, 2.75) is 6.04 Å². The molecule has 8 heteroatoms. The smallest absolute Gasteiger partial charge is 0.309 e. The van der Waals surface area contributed by atoms with Crippen molar-refractivity contribution in [3.63, 3.8) is 0 Å². The average Bonchev–Trinajstić information content (AvgIpc) is 2.69. The van der Waals surface area contributed by atoms with Gasteiger partial charge in [-0.2, -0.15) is 0 Å². The lowest BCUT2D eigenvalue weighted by molar-refractivity contribution is -0.139. The number of nitrogens with zero attached hydrogens (tertiary/aromatic N) is 3. The summed E-state index contributed by atoms with van der Waals surface area (Å²) >= 11 is 0. The van der Waals surface area contributed by atoms with Gasteiger partial charge in [-0.05, 0) is 38.8 Å². The molecule has 1 aliphatic heterocycles. The first-order valence-electron chi connectivity index (χ1n) is 9.68. The molecule has 0 saturated carbocycles. The van der Waals surface area contributed by atoms with Crippen LogP contribution < -0.4 is 15.4 Å². The van der Waals surface area contributed by atoms with Gasteiger partial charge in [0.15, 0.2) is 0 Å².